The minimum absolute atomic E-state index is 0.340. The summed E-state index contributed by atoms with van der Waals surface area (Å²) in [7, 11) is 1.52. The first-order valence-electron chi connectivity index (χ1n) is 6.44. The van der Waals surface area contributed by atoms with Crippen molar-refractivity contribution in [1.29, 1.82) is 0 Å². The Hall–Kier alpha value is -1.91. The average Bonchev–Trinajstić information content (AvgIpc) is 2.43. The van der Waals surface area contributed by atoms with E-state index >= 15 is 0 Å². The zero-order chi connectivity index (χ0) is 14.7. The SMILES string of the molecule is COc1cccc(F)c1C(NN)c1ccc(C)cc1C. The number of rotatable bonds is 4. The predicted octanol–water partition coefficient (Wildman–Crippen LogP) is 3.00. The van der Waals surface area contributed by atoms with E-state index in [0.717, 1.165) is 16.7 Å². The van der Waals surface area contributed by atoms with Crippen LogP contribution in [0, 0.1) is 19.7 Å². The molecule has 4 heteroatoms. The van der Waals surface area contributed by atoms with E-state index in [2.05, 4.69) is 5.43 Å². The predicted molar refractivity (Wildman–Crippen MR) is 78.0 cm³/mol. The first-order valence-corrected chi connectivity index (χ1v) is 6.44. The lowest BCUT2D eigenvalue weighted by Crippen LogP contribution is -2.30. The van der Waals surface area contributed by atoms with Crippen molar-refractivity contribution in [1.82, 2.24) is 5.43 Å². The molecule has 0 aliphatic heterocycles. The van der Waals surface area contributed by atoms with Crippen LogP contribution in [0.4, 0.5) is 4.39 Å². The highest BCUT2D eigenvalue weighted by molar-refractivity contribution is 5.45. The van der Waals surface area contributed by atoms with Gasteiger partial charge in [-0.25, -0.2) is 9.82 Å². The van der Waals surface area contributed by atoms with E-state index in [-0.39, 0.29) is 5.82 Å². The number of hydrogen-bond acceptors (Lipinski definition) is 3. The van der Waals surface area contributed by atoms with Crippen LogP contribution in [0.15, 0.2) is 36.4 Å². The second-order valence-electron chi connectivity index (χ2n) is 4.82. The topological polar surface area (TPSA) is 47.3 Å². The number of hydrogen-bond donors (Lipinski definition) is 2. The third-order valence-electron chi connectivity index (χ3n) is 3.42. The number of nitrogens with one attached hydrogen (secondary N) is 1. The average molecular weight is 274 g/mol. The molecule has 2 rings (SSSR count). The van der Waals surface area contributed by atoms with Crippen molar-refractivity contribution in [3.05, 3.63) is 64.5 Å². The Morgan fingerprint density at radius 3 is 2.55 bits per heavy atom. The van der Waals surface area contributed by atoms with E-state index in [1.165, 1.54) is 13.2 Å². The summed E-state index contributed by atoms with van der Waals surface area (Å²) in [5, 5.41) is 0. The summed E-state index contributed by atoms with van der Waals surface area (Å²) < 4.78 is 19.5. The van der Waals surface area contributed by atoms with E-state index in [1.807, 2.05) is 32.0 Å². The highest BCUT2D eigenvalue weighted by atomic mass is 19.1. The Labute approximate surface area is 118 Å². The lowest BCUT2D eigenvalue weighted by atomic mass is 9.93. The second kappa shape index (κ2) is 6.03. The van der Waals surface area contributed by atoms with Gasteiger partial charge in [-0.1, -0.05) is 29.8 Å². The molecule has 0 aromatic heterocycles. The monoisotopic (exact) mass is 274 g/mol. The number of halogens is 1. The van der Waals surface area contributed by atoms with Gasteiger partial charge in [-0.2, -0.15) is 0 Å². The first-order chi connectivity index (χ1) is 9.58. The van der Waals surface area contributed by atoms with Crippen molar-refractivity contribution in [2.75, 3.05) is 7.11 Å². The molecule has 0 saturated carbocycles. The zero-order valence-electron chi connectivity index (χ0n) is 11.9. The third-order valence-corrected chi connectivity index (χ3v) is 3.42. The molecule has 0 fully saturated rings. The Kier molecular flexibility index (Phi) is 4.37. The summed E-state index contributed by atoms with van der Waals surface area (Å²) in [5.74, 6) is 5.80. The molecule has 0 heterocycles. The number of ether oxygens (including phenoxy) is 1. The van der Waals surface area contributed by atoms with Crippen LogP contribution in [-0.2, 0) is 0 Å². The Morgan fingerprint density at radius 2 is 1.95 bits per heavy atom. The minimum atomic E-state index is -0.452. The number of hydrazine groups is 1. The molecule has 1 atom stereocenters. The molecule has 0 aliphatic carbocycles. The van der Waals surface area contributed by atoms with Gasteiger partial charge in [0.25, 0.3) is 0 Å². The molecule has 2 aromatic rings. The van der Waals surface area contributed by atoms with Gasteiger partial charge in [-0.3, -0.25) is 5.84 Å². The van der Waals surface area contributed by atoms with Crippen LogP contribution in [0.25, 0.3) is 0 Å². The molecule has 0 saturated heterocycles. The number of methoxy groups -OCH3 is 1. The van der Waals surface area contributed by atoms with Crippen LogP contribution in [0.5, 0.6) is 5.75 Å². The first kappa shape index (κ1) is 14.5. The fourth-order valence-corrected chi connectivity index (χ4v) is 2.45. The van der Waals surface area contributed by atoms with Gasteiger partial charge in [-0.05, 0) is 37.1 Å². The zero-order valence-corrected chi connectivity index (χ0v) is 11.9. The molecule has 3 nitrogen and oxygen atoms in total. The van der Waals surface area contributed by atoms with Crippen molar-refractivity contribution in [2.45, 2.75) is 19.9 Å². The fraction of sp³-hybridized carbons (Fsp3) is 0.250. The van der Waals surface area contributed by atoms with Gasteiger partial charge in [0.1, 0.15) is 11.6 Å². The normalized spacial score (nSPS) is 12.2. The molecule has 106 valence electrons. The van der Waals surface area contributed by atoms with E-state index in [1.54, 1.807) is 12.1 Å². The highest BCUT2D eigenvalue weighted by Gasteiger charge is 2.22. The van der Waals surface area contributed by atoms with Crippen LogP contribution < -0.4 is 16.0 Å². The van der Waals surface area contributed by atoms with Crippen molar-refractivity contribution in [3.63, 3.8) is 0 Å². The largest absolute Gasteiger partial charge is 0.496 e. The van der Waals surface area contributed by atoms with E-state index < -0.39 is 6.04 Å². The van der Waals surface area contributed by atoms with Crippen molar-refractivity contribution in [2.24, 2.45) is 5.84 Å². The highest BCUT2D eigenvalue weighted by Crippen LogP contribution is 2.33. The van der Waals surface area contributed by atoms with E-state index in [9.17, 15) is 4.39 Å². The molecule has 0 aliphatic rings. The van der Waals surface area contributed by atoms with Crippen molar-refractivity contribution >= 4 is 0 Å². The molecule has 0 bridgehead atoms. The summed E-state index contributed by atoms with van der Waals surface area (Å²) in [6.07, 6.45) is 0. The van der Waals surface area contributed by atoms with Crippen LogP contribution in [0.1, 0.15) is 28.3 Å². The second-order valence-corrected chi connectivity index (χ2v) is 4.82. The van der Waals surface area contributed by atoms with Gasteiger partial charge in [0, 0.05) is 0 Å². The van der Waals surface area contributed by atoms with Crippen LogP contribution in [-0.4, -0.2) is 7.11 Å². The molecule has 0 spiro atoms. The summed E-state index contributed by atoms with van der Waals surface area (Å²) in [6, 6.07) is 10.3. The summed E-state index contributed by atoms with van der Waals surface area (Å²) >= 11 is 0. The van der Waals surface area contributed by atoms with Gasteiger partial charge in [0.2, 0.25) is 0 Å². The maximum Gasteiger partial charge on any atom is 0.132 e. The molecule has 20 heavy (non-hydrogen) atoms. The van der Waals surface area contributed by atoms with Gasteiger partial charge < -0.3 is 4.74 Å². The standard InChI is InChI=1S/C16H19FN2O/c1-10-7-8-12(11(2)9-10)16(19-18)15-13(17)5-4-6-14(15)20-3/h4-9,16,19H,18H2,1-3H3. The maximum atomic E-state index is 14.2. The van der Waals surface area contributed by atoms with Gasteiger partial charge in [-0.15, -0.1) is 0 Å². The maximum absolute atomic E-state index is 14.2. The quantitative estimate of drug-likeness (QED) is 0.665. The molecule has 3 N–H and O–H groups in total. The van der Waals surface area contributed by atoms with Crippen LogP contribution in [0.3, 0.4) is 0 Å². The van der Waals surface area contributed by atoms with Gasteiger partial charge in [0.15, 0.2) is 0 Å². The lowest BCUT2D eigenvalue weighted by Gasteiger charge is -2.22. The summed E-state index contributed by atoms with van der Waals surface area (Å²) in [4.78, 5) is 0. The molecule has 0 amide bonds. The van der Waals surface area contributed by atoms with Crippen LogP contribution in [0.2, 0.25) is 0 Å². The molecule has 2 aromatic carbocycles. The minimum Gasteiger partial charge on any atom is -0.496 e. The smallest absolute Gasteiger partial charge is 0.132 e. The molecular weight excluding hydrogens is 255 g/mol. The van der Waals surface area contributed by atoms with Crippen molar-refractivity contribution in [3.8, 4) is 5.75 Å². The number of nitrogens with two attached hydrogens (primary N) is 1. The fourth-order valence-electron chi connectivity index (χ4n) is 2.45. The van der Waals surface area contributed by atoms with Crippen LogP contribution >= 0.6 is 0 Å². The Bertz CT molecular complexity index is 613. The van der Waals surface area contributed by atoms with E-state index in [0.29, 0.717) is 11.3 Å². The summed E-state index contributed by atoms with van der Waals surface area (Å²) in [6.45, 7) is 4.01. The Morgan fingerprint density at radius 1 is 1.20 bits per heavy atom. The van der Waals surface area contributed by atoms with Gasteiger partial charge in [0.05, 0.1) is 18.7 Å². The third kappa shape index (κ3) is 2.66. The number of benzene rings is 2. The number of aryl methyl sites for hydroxylation is 2. The van der Waals surface area contributed by atoms with Crippen molar-refractivity contribution < 1.29 is 9.13 Å². The molecular formula is C16H19FN2O. The Balaban J connectivity index is 2.58. The lowest BCUT2D eigenvalue weighted by molar-refractivity contribution is 0.397. The van der Waals surface area contributed by atoms with Gasteiger partial charge >= 0.3 is 0 Å². The van der Waals surface area contributed by atoms with E-state index in [4.69, 9.17) is 10.6 Å². The summed E-state index contributed by atoms with van der Waals surface area (Å²) in [5.41, 5.74) is 6.25. The molecule has 1 unspecified atom stereocenters. The molecule has 0 radical (unpaired) electrons.